The minimum Gasteiger partial charge on any atom is -0.492 e. The van der Waals surface area contributed by atoms with E-state index in [-0.39, 0.29) is 5.56 Å². The van der Waals surface area contributed by atoms with Gasteiger partial charge in [-0.2, -0.15) is 0 Å². The highest BCUT2D eigenvalue weighted by Gasteiger charge is 2.20. The fourth-order valence-corrected chi connectivity index (χ4v) is 4.02. The summed E-state index contributed by atoms with van der Waals surface area (Å²) in [6, 6.07) is 6.01. The van der Waals surface area contributed by atoms with E-state index in [0.717, 1.165) is 16.9 Å². The second-order valence-electron chi connectivity index (χ2n) is 6.37. The van der Waals surface area contributed by atoms with Gasteiger partial charge in [-0.3, -0.25) is 9.36 Å². The lowest BCUT2D eigenvalue weighted by Gasteiger charge is -2.09. The molecule has 0 radical (unpaired) electrons. The first-order chi connectivity index (χ1) is 12.9. The highest BCUT2D eigenvalue weighted by atomic mass is 32.1. The van der Waals surface area contributed by atoms with E-state index in [9.17, 15) is 9.59 Å². The number of ether oxygens (including phenoxy) is 2. The Bertz CT molecular complexity index is 1030. The van der Waals surface area contributed by atoms with Gasteiger partial charge in [-0.05, 0) is 56.5 Å². The number of thiophene rings is 1. The topological polar surface area (TPSA) is 70.4 Å². The smallest absolute Gasteiger partial charge is 0.348 e. The lowest BCUT2D eigenvalue weighted by Crippen LogP contribution is -2.23. The zero-order chi connectivity index (χ0) is 19.6. The fourth-order valence-electron chi connectivity index (χ4n) is 2.99. The van der Waals surface area contributed by atoms with Crippen LogP contribution in [0.1, 0.15) is 33.3 Å². The van der Waals surface area contributed by atoms with Crippen LogP contribution < -0.4 is 10.3 Å². The van der Waals surface area contributed by atoms with Gasteiger partial charge in [0, 0.05) is 0 Å². The lowest BCUT2D eigenvalue weighted by atomic mass is 10.1. The van der Waals surface area contributed by atoms with E-state index < -0.39 is 5.97 Å². The molecule has 0 aliphatic heterocycles. The second-order valence-corrected chi connectivity index (χ2v) is 7.37. The van der Waals surface area contributed by atoms with E-state index >= 15 is 0 Å². The molecule has 142 valence electrons. The van der Waals surface area contributed by atoms with Crippen molar-refractivity contribution in [3.05, 3.63) is 56.4 Å². The highest BCUT2D eigenvalue weighted by molar-refractivity contribution is 7.20. The summed E-state index contributed by atoms with van der Waals surface area (Å²) in [6.45, 7) is 8.56. The SMILES string of the molecule is CCOC(=O)c1sc2ncn(CCOc3cc(C)cc(C)c3)c(=O)c2c1C. The van der Waals surface area contributed by atoms with Crippen LogP contribution in [0.15, 0.2) is 29.3 Å². The van der Waals surface area contributed by atoms with Gasteiger partial charge in [-0.15, -0.1) is 11.3 Å². The Morgan fingerprint density at radius 2 is 1.89 bits per heavy atom. The predicted octanol–water partition coefficient (Wildman–Crippen LogP) is 3.64. The molecule has 0 saturated carbocycles. The van der Waals surface area contributed by atoms with E-state index in [4.69, 9.17) is 9.47 Å². The molecule has 0 aliphatic rings. The highest BCUT2D eigenvalue weighted by Crippen LogP contribution is 2.27. The Morgan fingerprint density at radius 1 is 1.19 bits per heavy atom. The van der Waals surface area contributed by atoms with Crippen molar-refractivity contribution in [2.24, 2.45) is 0 Å². The van der Waals surface area contributed by atoms with Gasteiger partial charge in [0.2, 0.25) is 0 Å². The van der Waals surface area contributed by atoms with E-state index in [1.54, 1.807) is 13.8 Å². The molecule has 0 atom stereocenters. The average Bonchev–Trinajstić information content (AvgIpc) is 2.94. The van der Waals surface area contributed by atoms with Crippen LogP contribution in [0.25, 0.3) is 10.2 Å². The molecule has 0 aliphatic carbocycles. The van der Waals surface area contributed by atoms with Crippen LogP contribution in [0, 0.1) is 20.8 Å². The van der Waals surface area contributed by atoms with Gasteiger partial charge in [-0.25, -0.2) is 9.78 Å². The predicted molar refractivity (Wildman–Crippen MR) is 106 cm³/mol. The number of esters is 1. The third-order valence-electron chi connectivity index (χ3n) is 4.17. The van der Waals surface area contributed by atoms with Crippen LogP contribution in [0.3, 0.4) is 0 Å². The van der Waals surface area contributed by atoms with Gasteiger partial charge in [0.15, 0.2) is 0 Å². The minimum absolute atomic E-state index is 0.173. The molecule has 3 rings (SSSR count). The number of hydrogen-bond acceptors (Lipinski definition) is 6. The number of carbonyl (C=O) groups excluding carboxylic acids is 1. The van der Waals surface area contributed by atoms with Crippen molar-refractivity contribution >= 4 is 27.5 Å². The molecule has 0 N–H and O–H groups in total. The maximum Gasteiger partial charge on any atom is 0.348 e. The van der Waals surface area contributed by atoms with Crippen molar-refractivity contribution in [1.29, 1.82) is 0 Å². The summed E-state index contributed by atoms with van der Waals surface area (Å²) < 4.78 is 12.4. The average molecular weight is 386 g/mol. The van der Waals surface area contributed by atoms with Gasteiger partial charge in [-0.1, -0.05) is 6.07 Å². The molecule has 0 bridgehead atoms. The molecule has 0 saturated heterocycles. The molecule has 0 amide bonds. The molecule has 0 fully saturated rings. The summed E-state index contributed by atoms with van der Waals surface area (Å²) in [5, 5.41) is 0.469. The molecule has 3 aromatic rings. The molecule has 1 aromatic carbocycles. The van der Waals surface area contributed by atoms with Crippen LogP contribution in [0.5, 0.6) is 5.75 Å². The van der Waals surface area contributed by atoms with Gasteiger partial charge in [0.1, 0.15) is 22.1 Å². The number of fused-ring (bicyclic) bond motifs is 1. The molecule has 2 aromatic heterocycles. The van der Waals surface area contributed by atoms with Crippen LogP contribution >= 0.6 is 11.3 Å². The Hall–Kier alpha value is -2.67. The molecule has 0 spiro atoms. The first-order valence-electron chi connectivity index (χ1n) is 8.77. The quantitative estimate of drug-likeness (QED) is 0.605. The Kier molecular flexibility index (Phi) is 5.60. The molecule has 27 heavy (non-hydrogen) atoms. The van der Waals surface area contributed by atoms with E-state index in [0.29, 0.717) is 40.4 Å². The van der Waals surface area contributed by atoms with Crippen molar-refractivity contribution in [2.75, 3.05) is 13.2 Å². The van der Waals surface area contributed by atoms with Crippen LogP contribution in [0.4, 0.5) is 0 Å². The molecule has 0 unspecified atom stereocenters. The van der Waals surface area contributed by atoms with Crippen molar-refractivity contribution in [3.8, 4) is 5.75 Å². The van der Waals surface area contributed by atoms with Gasteiger partial charge in [0.25, 0.3) is 5.56 Å². The monoisotopic (exact) mass is 386 g/mol. The molecule has 2 heterocycles. The number of rotatable bonds is 6. The van der Waals surface area contributed by atoms with Crippen LogP contribution in [0.2, 0.25) is 0 Å². The molecular weight excluding hydrogens is 364 g/mol. The third kappa shape index (κ3) is 4.03. The Labute approximate surface area is 161 Å². The summed E-state index contributed by atoms with van der Waals surface area (Å²) in [5.41, 5.74) is 2.71. The Balaban J connectivity index is 1.81. The summed E-state index contributed by atoms with van der Waals surface area (Å²) in [4.78, 5) is 30.2. The zero-order valence-corrected chi connectivity index (χ0v) is 16.7. The summed E-state index contributed by atoms with van der Waals surface area (Å²) in [5.74, 6) is 0.369. The Morgan fingerprint density at radius 3 is 2.56 bits per heavy atom. The number of carbonyl (C=O) groups is 1. The number of aromatic nitrogens is 2. The minimum atomic E-state index is -0.415. The number of nitrogens with zero attached hydrogens (tertiary/aromatic N) is 2. The first-order valence-corrected chi connectivity index (χ1v) is 9.59. The van der Waals surface area contributed by atoms with Gasteiger partial charge < -0.3 is 9.47 Å². The second kappa shape index (κ2) is 7.92. The summed E-state index contributed by atoms with van der Waals surface area (Å²) in [7, 11) is 0. The fraction of sp³-hybridized carbons (Fsp3) is 0.350. The van der Waals surface area contributed by atoms with Crippen molar-refractivity contribution in [3.63, 3.8) is 0 Å². The van der Waals surface area contributed by atoms with Gasteiger partial charge >= 0.3 is 5.97 Å². The van der Waals surface area contributed by atoms with Crippen molar-refractivity contribution in [2.45, 2.75) is 34.2 Å². The normalized spacial score (nSPS) is 11.0. The molecule has 6 nitrogen and oxygen atoms in total. The lowest BCUT2D eigenvalue weighted by molar-refractivity contribution is 0.0531. The first kappa shape index (κ1) is 19.1. The number of hydrogen-bond donors (Lipinski definition) is 0. The van der Waals surface area contributed by atoms with Crippen molar-refractivity contribution in [1.82, 2.24) is 9.55 Å². The van der Waals surface area contributed by atoms with Crippen LogP contribution in [-0.4, -0.2) is 28.7 Å². The molecule has 7 heteroatoms. The maximum absolute atomic E-state index is 12.8. The van der Waals surface area contributed by atoms with Crippen molar-refractivity contribution < 1.29 is 14.3 Å². The number of aryl methyl sites for hydroxylation is 3. The van der Waals surface area contributed by atoms with E-state index in [1.807, 2.05) is 26.0 Å². The van der Waals surface area contributed by atoms with Crippen LogP contribution in [-0.2, 0) is 11.3 Å². The summed E-state index contributed by atoms with van der Waals surface area (Å²) in [6.07, 6.45) is 1.50. The third-order valence-corrected chi connectivity index (χ3v) is 5.35. The number of benzene rings is 1. The zero-order valence-electron chi connectivity index (χ0n) is 15.9. The molecular formula is C20H22N2O4S. The van der Waals surface area contributed by atoms with E-state index in [2.05, 4.69) is 11.1 Å². The summed E-state index contributed by atoms with van der Waals surface area (Å²) >= 11 is 1.19. The largest absolute Gasteiger partial charge is 0.492 e. The van der Waals surface area contributed by atoms with E-state index in [1.165, 1.54) is 22.2 Å². The van der Waals surface area contributed by atoms with Gasteiger partial charge in [0.05, 0.1) is 24.9 Å². The maximum atomic E-state index is 12.8. The standard InChI is InChI=1S/C20H22N2O4S/c1-5-25-20(24)17-14(4)16-18(27-17)21-11-22(19(16)23)6-7-26-15-9-12(2)8-13(3)10-15/h8-11H,5-7H2,1-4H3.